The molecule has 0 radical (unpaired) electrons. The zero-order valence-corrected chi connectivity index (χ0v) is 13.4. The van der Waals surface area contributed by atoms with Crippen LogP contribution >= 0.6 is 0 Å². The largest absolute Gasteiger partial charge is 0.481 e. The monoisotopic (exact) mass is 340 g/mol. The molecule has 1 fully saturated rings. The van der Waals surface area contributed by atoms with Gasteiger partial charge in [-0.3, -0.25) is 9.59 Å². The second-order valence-electron chi connectivity index (χ2n) is 5.55. The second-order valence-corrected chi connectivity index (χ2v) is 7.31. The maximum Gasteiger partial charge on any atom is 0.306 e. The number of nitrogens with one attached hydrogen (secondary N) is 2. The number of rotatable bonds is 7. The summed E-state index contributed by atoms with van der Waals surface area (Å²) in [5, 5.41) is 11.6. The van der Waals surface area contributed by atoms with Crippen LogP contribution in [0.5, 0.6) is 0 Å². The van der Waals surface area contributed by atoms with Crippen molar-refractivity contribution in [1.29, 1.82) is 0 Å². The minimum Gasteiger partial charge on any atom is -0.481 e. The molecule has 126 valence electrons. The molecule has 1 aliphatic rings. The number of carbonyl (C=O) groups excluding carboxylic acids is 1. The highest BCUT2D eigenvalue weighted by atomic mass is 32.2. The molecule has 0 bridgehead atoms. The van der Waals surface area contributed by atoms with Crippen LogP contribution in [-0.2, 0) is 19.6 Å². The Morgan fingerprint density at radius 2 is 1.74 bits per heavy atom. The van der Waals surface area contributed by atoms with Crippen molar-refractivity contribution in [2.45, 2.75) is 24.2 Å². The fourth-order valence-electron chi connectivity index (χ4n) is 2.64. The number of hydrogen-bond donors (Lipinski definition) is 3. The molecular formula is C15H20N2O5S. The Morgan fingerprint density at radius 3 is 2.35 bits per heavy atom. The van der Waals surface area contributed by atoms with Gasteiger partial charge in [-0.05, 0) is 31.4 Å². The number of carboxylic acids is 1. The van der Waals surface area contributed by atoms with E-state index in [2.05, 4.69) is 10.0 Å². The SMILES string of the molecule is O=C(O)[C@@H]1CC[C@H](C(=O)NCCNS(=O)(=O)c2ccccc2)C1. The van der Waals surface area contributed by atoms with Crippen molar-refractivity contribution in [3.05, 3.63) is 30.3 Å². The average molecular weight is 340 g/mol. The van der Waals surface area contributed by atoms with Crippen LogP contribution in [0.2, 0.25) is 0 Å². The molecule has 0 heterocycles. The van der Waals surface area contributed by atoms with Gasteiger partial charge in [-0.1, -0.05) is 18.2 Å². The predicted molar refractivity (Wildman–Crippen MR) is 83.1 cm³/mol. The van der Waals surface area contributed by atoms with Crippen LogP contribution in [0.1, 0.15) is 19.3 Å². The summed E-state index contributed by atoms with van der Waals surface area (Å²) in [6, 6.07) is 7.98. The molecule has 0 unspecified atom stereocenters. The van der Waals surface area contributed by atoms with E-state index in [9.17, 15) is 18.0 Å². The molecule has 0 saturated heterocycles. The number of aliphatic carboxylic acids is 1. The van der Waals surface area contributed by atoms with Crippen LogP contribution in [0.4, 0.5) is 0 Å². The molecule has 3 N–H and O–H groups in total. The molecule has 1 aliphatic carbocycles. The first kappa shape index (κ1) is 17.4. The molecule has 1 aromatic rings. The van der Waals surface area contributed by atoms with Gasteiger partial charge in [0.05, 0.1) is 10.8 Å². The number of amides is 1. The van der Waals surface area contributed by atoms with Crippen molar-refractivity contribution in [2.75, 3.05) is 13.1 Å². The lowest BCUT2D eigenvalue weighted by molar-refractivity contribution is -0.141. The van der Waals surface area contributed by atoms with Crippen molar-refractivity contribution >= 4 is 21.9 Å². The van der Waals surface area contributed by atoms with Gasteiger partial charge in [0.15, 0.2) is 0 Å². The lowest BCUT2D eigenvalue weighted by Crippen LogP contribution is -2.37. The third-order valence-corrected chi connectivity index (χ3v) is 5.40. The van der Waals surface area contributed by atoms with Crippen LogP contribution in [0.15, 0.2) is 35.2 Å². The molecule has 2 rings (SSSR count). The van der Waals surface area contributed by atoms with Gasteiger partial charge in [0.1, 0.15) is 0 Å². The Morgan fingerprint density at radius 1 is 1.09 bits per heavy atom. The van der Waals surface area contributed by atoms with E-state index in [1.165, 1.54) is 12.1 Å². The van der Waals surface area contributed by atoms with E-state index in [-0.39, 0.29) is 29.8 Å². The summed E-state index contributed by atoms with van der Waals surface area (Å²) in [4.78, 5) is 23.0. The number of carbonyl (C=O) groups is 2. The molecular weight excluding hydrogens is 320 g/mol. The molecule has 8 heteroatoms. The Kier molecular flexibility index (Phi) is 5.73. The number of sulfonamides is 1. The van der Waals surface area contributed by atoms with Crippen LogP contribution in [0.25, 0.3) is 0 Å². The standard InChI is InChI=1S/C15H20N2O5S/c18-14(11-6-7-12(10-11)15(19)20)16-8-9-17-23(21,22)13-4-2-1-3-5-13/h1-5,11-12,17H,6-10H2,(H,16,18)(H,19,20)/t11-,12+/m0/s1. The quantitative estimate of drug-likeness (QED) is 0.629. The molecule has 0 aromatic heterocycles. The Labute approximate surface area is 135 Å². The molecule has 23 heavy (non-hydrogen) atoms. The van der Waals surface area contributed by atoms with Crippen LogP contribution in [0, 0.1) is 11.8 Å². The lowest BCUT2D eigenvalue weighted by atomic mass is 10.0. The Hall–Kier alpha value is -1.93. The molecule has 1 amide bonds. The van der Waals surface area contributed by atoms with E-state index < -0.39 is 21.9 Å². The first-order chi connectivity index (χ1) is 10.9. The van der Waals surface area contributed by atoms with Crippen molar-refractivity contribution in [1.82, 2.24) is 10.0 Å². The maximum atomic E-state index is 12.0. The second kappa shape index (κ2) is 7.56. The van der Waals surface area contributed by atoms with Gasteiger partial charge in [0, 0.05) is 19.0 Å². The fourth-order valence-corrected chi connectivity index (χ4v) is 3.70. The summed E-state index contributed by atoms with van der Waals surface area (Å²) in [5.41, 5.74) is 0. The summed E-state index contributed by atoms with van der Waals surface area (Å²) >= 11 is 0. The summed E-state index contributed by atoms with van der Waals surface area (Å²) in [6.45, 7) is 0.247. The third kappa shape index (κ3) is 4.77. The molecule has 0 spiro atoms. The van der Waals surface area contributed by atoms with Gasteiger partial charge in [-0.25, -0.2) is 13.1 Å². The smallest absolute Gasteiger partial charge is 0.306 e. The van der Waals surface area contributed by atoms with Gasteiger partial charge < -0.3 is 10.4 Å². The topological polar surface area (TPSA) is 113 Å². The zero-order chi connectivity index (χ0) is 16.9. The molecule has 0 aliphatic heterocycles. The minimum atomic E-state index is -3.58. The maximum absolute atomic E-state index is 12.0. The minimum absolute atomic E-state index is 0.0814. The van der Waals surface area contributed by atoms with Crippen LogP contribution in [-0.4, -0.2) is 38.5 Å². The highest BCUT2D eigenvalue weighted by Crippen LogP contribution is 2.30. The summed E-state index contributed by atoms with van der Waals surface area (Å²) < 4.78 is 26.3. The van der Waals surface area contributed by atoms with Gasteiger partial charge >= 0.3 is 5.97 Å². The summed E-state index contributed by atoms with van der Waals surface area (Å²) in [5.74, 6) is -1.84. The van der Waals surface area contributed by atoms with Gasteiger partial charge in [-0.2, -0.15) is 0 Å². The molecule has 1 aromatic carbocycles. The average Bonchev–Trinajstić information content (AvgIpc) is 3.02. The lowest BCUT2D eigenvalue weighted by Gasteiger charge is -2.11. The highest BCUT2D eigenvalue weighted by molar-refractivity contribution is 7.89. The molecule has 1 saturated carbocycles. The normalized spacial score (nSPS) is 21.0. The predicted octanol–water partition coefficient (Wildman–Crippen LogP) is 0.582. The first-order valence-corrected chi connectivity index (χ1v) is 8.93. The van der Waals surface area contributed by atoms with E-state index in [0.29, 0.717) is 19.3 Å². The zero-order valence-electron chi connectivity index (χ0n) is 12.6. The first-order valence-electron chi connectivity index (χ1n) is 7.45. The van der Waals surface area contributed by atoms with Crippen molar-refractivity contribution < 1.29 is 23.1 Å². The van der Waals surface area contributed by atoms with Crippen molar-refractivity contribution in [3.8, 4) is 0 Å². The summed E-state index contributed by atoms with van der Waals surface area (Å²) in [6.07, 6.45) is 1.41. The van der Waals surface area contributed by atoms with Crippen LogP contribution < -0.4 is 10.0 Å². The van der Waals surface area contributed by atoms with E-state index in [1.54, 1.807) is 18.2 Å². The van der Waals surface area contributed by atoms with Crippen molar-refractivity contribution in [3.63, 3.8) is 0 Å². The van der Waals surface area contributed by atoms with E-state index in [1.807, 2.05) is 0 Å². The van der Waals surface area contributed by atoms with E-state index in [0.717, 1.165) is 0 Å². The Balaban J connectivity index is 1.73. The van der Waals surface area contributed by atoms with Crippen LogP contribution in [0.3, 0.4) is 0 Å². The Bertz CT molecular complexity index is 660. The van der Waals surface area contributed by atoms with E-state index in [4.69, 9.17) is 5.11 Å². The number of benzene rings is 1. The summed E-state index contributed by atoms with van der Waals surface area (Å²) in [7, 11) is -3.58. The van der Waals surface area contributed by atoms with E-state index >= 15 is 0 Å². The van der Waals surface area contributed by atoms with Gasteiger partial charge in [-0.15, -0.1) is 0 Å². The number of carboxylic acid groups (broad SMARTS) is 1. The van der Waals surface area contributed by atoms with Crippen molar-refractivity contribution in [2.24, 2.45) is 11.8 Å². The molecule has 2 atom stereocenters. The number of hydrogen-bond acceptors (Lipinski definition) is 4. The van der Waals surface area contributed by atoms with Gasteiger partial charge in [0.2, 0.25) is 15.9 Å². The van der Waals surface area contributed by atoms with Gasteiger partial charge in [0.25, 0.3) is 0 Å². The fraction of sp³-hybridized carbons (Fsp3) is 0.467. The highest BCUT2D eigenvalue weighted by Gasteiger charge is 2.33. The molecule has 7 nitrogen and oxygen atoms in total. The third-order valence-electron chi connectivity index (χ3n) is 3.92.